The summed E-state index contributed by atoms with van der Waals surface area (Å²) < 4.78 is 5.52. The Bertz CT molecular complexity index is 921. The van der Waals surface area contributed by atoms with E-state index in [2.05, 4.69) is 20.3 Å². The first-order valence-electron chi connectivity index (χ1n) is 8.39. The standard InChI is InChI=1S/C19H19ClN4O2S/c20-15-7-4-8-21-16(15)13-27-10-9-22-19-23-11-17(18(25)24-19)26-12-14-5-2-1-3-6-14/h1-8,11H,9-10,12-13H2,(H2,22,23,24,25). The number of nitrogens with one attached hydrogen (secondary N) is 2. The van der Waals surface area contributed by atoms with Crippen molar-refractivity contribution in [1.82, 2.24) is 15.0 Å². The Morgan fingerprint density at radius 3 is 2.78 bits per heavy atom. The lowest BCUT2D eigenvalue weighted by atomic mass is 10.2. The Balaban J connectivity index is 1.42. The average molecular weight is 403 g/mol. The third kappa shape index (κ3) is 6.01. The van der Waals surface area contributed by atoms with Crippen LogP contribution in [0.2, 0.25) is 5.02 Å². The van der Waals surface area contributed by atoms with E-state index in [0.29, 0.717) is 24.1 Å². The number of anilines is 1. The molecule has 1 aromatic carbocycles. The van der Waals surface area contributed by atoms with Crippen LogP contribution in [-0.4, -0.2) is 27.2 Å². The van der Waals surface area contributed by atoms with Crippen molar-refractivity contribution in [3.05, 3.63) is 81.5 Å². The molecule has 0 aliphatic heterocycles. The second kappa shape index (κ2) is 9.99. The van der Waals surface area contributed by atoms with Crippen molar-refractivity contribution >= 4 is 29.3 Å². The van der Waals surface area contributed by atoms with Gasteiger partial charge in [0, 0.05) is 24.2 Å². The Morgan fingerprint density at radius 1 is 1.15 bits per heavy atom. The Morgan fingerprint density at radius 2 is 2.00 bits per heavy atom. The van der Waals surface area contributed by atoms with Crippen molar-refractivity contribution in [3.63, 3.8) is 0 Å². The van der Waals surface area contributed by atoms with Crippen LogP contribution in [0.25, 0.3) is 0 Å². The van der Waals surface area contributed by atoms with Gasteiger partial charge in [-0.3, -0.25) is 14.8 Å². The van der Waals surface area contributed by atoms with Crippen LogP contribution in [0.5, 0.6) is 5.75 Å². The van der Waals surface area contributed by atoms with Crippen molar-refractivity contribution in [3.8, 4) is 5.75 Å². The van der Waals surface area contributed by atoms with Crippen LogP contribution in [0.15, 0.2) is 59.7 Å². The Hall–Kier alpha value is -2.51. The van der Waals surface area contributed by atoms with Gasteiger partial charge in [-0.2, -0.15) is 11.8 Å². The van der Waals surface area contributed by atoms with E-state index in [1.807, 2.05) is 42.5 Å². The van der Waals surface area contributed by atoms with E-state index in [4.69, 9.17) is 16.3 Å². The highest BCUT2D eigenvalue weighted by Gasteiger charge is 2.05. The molecule has 0 radical (unpaired) electrons. The van der Waals surface area contributed by atoms with Gasteiger partial charge in [-0.15, -0.1) is 0 Å². The third-order valence-electron chi connectivity index (χ3n) is 3.62. The SMILES string of the molecule is O=c1[nH]c(NCCSCc2ncccc2Cl)ncc1OCc1ccccc1. The number of pyridine rings is 1. The summed E-state index contributed by atoms with van der Waals surface area (Å²) in [6.07, 6.45) is 3.17. The lowest BCUT2D eigenvalue weighted by Gasteiger charge is -2.08. The van der Waals surface area contributed by atoms with E-state index in [0.717, 1.165) is 22.8 Å². The summed E-state index contributed by atoms with van der Waals surface area (Å²) in [6.45, 7) is 0.980. The fourth-order valence-electron chi connectivity index (χ4n) is 2.25. The smallest absolute Gasteiger partial charge is 0.294 e. The van der Waals surface area contributed by atoms with Crippen molar-refractivity contribution < 1.29 is 4.74 Å². The second-order valence-corrected chi connectivity index (χ2v) is 7.12. The summed E-state index contributed by atoms with van der Waals surface area (Å²) in [5.41, 5.74) is 1.55. The van der Waals surface area contributed by atoms with Crippen LogP contribution >= 0.6 is 23.4 Å². The van der Waals surface area contributed by atoms with Gasteiger partial charge in [-0.1, -0.05) is 41.9 Å². The molecule has 0 unspecified atom stereocenters. The van der Waals surface area contributed by atoms with Gasteiger partial charge in [0.2, 0.25) is 11.7 Å². The largest absolute Gasteiger partial charge is 0.482 e. The number of nitrogens with zero attached hydrogens (tertiary/aromatic N) is 2. The van der Waals surface area contributed by atoms with Crippen LogP contribution in [0.1, 0.15) is 11.3 Å². The average Bonchev–Trinajstić information content (AvgIpc) is 2.69. The van der Waals surface area contributed by atoms with E-state index < -0.39 is 0 Å². The molecule has 6 nitrogen and oxygen atoms in total. The van der Waals surface area contributed by atoms with Gasteiger partial charge < -0.3 is 10.1 Å². The van der Waals surface area contributed by atoms with Gasteiger partial charge in [0.25, 0.3) is 5.56 Å². The number of aromatic amines is 1. The zero-order valence-electron chi connectivity index (χ0n) is 14.5. The van der Waals surface area contributed by atoms with Crippen molar-refractivity contribution in [2.24, 2.45) is 0 Å². The molecule has 2 heterocycles. The summed E-state index contributed by atoms with van der Waals surface area (Å²) in [6, 6.07) is 13.3. The van der Waals surface area contributed by atoms with Gasteiger partial charge in [0.15, 0.2) is 0 Å². The lowest BCUT2D eigenvalue weighted by Crippen LogP contribution is -2.16. The summed E-state index contributed by atoms with van der Waals surface area (Å²) >= 11 is 7.78. The molecule has 8 heteroatoms. The van der Waals surface area contributed by atoms with E-state index in [1.165, 1.54) is 6.20 Å². The Labute approximate surface area is 166 Å². The molecule has 0 fully saturated rings. The number of H-pyrrole nitrogens is 1. The number of hydrogen-bond donors (Lipinski definition) is 2. The molecule has 0 amide bonds. The quantitative estimate of drug-likeness (QED) is 0.531. The maximum Gasteiger partial charge on any atom is 0.294 e. The van der Waals surface area contributed by atoms with Gasteiger partial charge in [0.1, 0.15) is 6.61 Å². The lowest BCUT2D eigenvalue weighted by molar-refractivity contribution is 0.300. The molecule has 27 heavy (non-hydrogen) atoms. The molecule has 3 aromatic rings. The van der Waals surface area contributed by atoms with E-state index in [9.17, 15) is 4.79 Å². The number of thioether (sulfide) groups is 1. The molecular weight excluding hydrogens is 384 g/mol. The highest BCUT2D eigenvalue weighted by atomic mass is 35.5. The molecule has 0 bridgehead atoms. The molecule has 0 spiro atoms. The van der Waals surface area contributed by atoms with E-state index in [-0.39, 0.29) is 11.3 Å². The number of rotatable bonds is 9. The van der Waals surface area contributed by atoms with E-state index in [1.54, 1.807) is 18.0 Å². The van der Waals surface area contributed by atoms with Gasteiger partial charge >= 0.3 is 0 Å². The Kier molecular flexibility index (Phi) is 7.12. The maximum atomic E-state index is 12.1. The summed E-state index contributed by atoms with van der Waals surface area (Å²) in [5, 5.41) is 3.77. The highest BCUT2D eigenvalue weighted by molar-refractivity contribution is 7.98. The van der Waals surface area contributed by atoms with Gasteiger partial charge in [-0.05, 0) is 17.7 Å². The number of benzene rings is 1. The molecule has 0 atom stereocenters. The number of aromatic nitrogens is 3. The summed E-state index contributed by atoms with van der Waals surface area (Å²) in [7, 11) is 0. The summed E-state index contributed by atoms with van der Waals surface area (Å²) in [5.74, 6) is 2.17. The van der Waals surface area contributed by atoms with Crippen LogP contribution in [0.4, 0.5) is 5.95 Å². The summed E-state index contributed by atoms with van der Waals surface area (Å²) in [4.78, 5) is 23.2. The zero-order valence-corrected chi connectivity index (χ0v) is 16.1. The van der Waals surface area contributed by atoms with Crippen LogP contribution in [0, 0.1) is 0 Å². The van der Waals surface area contributed by atoms with Crippen LogP contribution in [0.3, 0.4) is 0 Å². The van der Waals surface area contributed by atoms with Gasteiger partial charge in [0.05, 0.1) is 16.9 Å². The predicted molar refractivity (Wildman–Crippen MR) is 110 cm³/mol. The molecule has 0 aliphatic carbocycles. The fourth-order valence-corrected chi connectivity index (χ4v) is 3.33. The van der Waals surface area contributed by atoms with Crippen molar-refractivity contribution in [2.75, 3.05) is 17.6 Å². The first kappa shape index (κ1) is 19.3. The first-order chi connectivity index (χ1) is 13.2. The fraction of sp³-hybridized carbons (Fsp3) is 0.211. The minimum atomic E-state index is -0.309. The molecule has 3 rings (SSSR count). The third-order valence-corrected chi connectivity index (χ3v) is 4.93. The van der Waals surface area contributed by atoms with Crippen LogP contribution < -0.4 is 15.6 Å². The molecule has 0 aliphatic rings. The molecular formula is C19H19ClN4O2S. The normalized spacial score (nSPS) is 10.6. The first-order valence-corrected chi connectivity index (χ1v) is 9.92. The topological polar surface area (TPSA) is 79.9 Å². The maximum absolute atomic E-state index is 12.1. The van der Waals surface area contributed by atoms with Crippen molar-refractivity contribution in [1.29, 1.82) is 0 Å². The molecule has 2 aromatic heterocycles. The molecule has 0 saturated heterocycles. The molecule has 140 valence electrons. The number of hydrogen-bond acceptors (Lipinski definition) is 6. The highest BCUT2D eigenvalue weighted by Crippen LogP contribution is 2.18. The molecule has 2 N–H and O–H groups in total. The predicted octanol–water partition coefficient (Wildman–Crippen LogP) is 3.74. The van der Waals surface area contributed by atoms with E-state index >= 15 is 0 Å². The zero-order chi connectivity index (χ0) is 18.9. The van der Waals surface area contributed by atoms with Crippen molar-refractivity contribution in [2.45, 2.75) is 12.4 Å². The second-order valence-electron chi connectivity index (χ2n) is 5.61. The molecule has 0 saturated carbocycles. The minimum Gasteiger partial charge on any atom is -0.482 e. The minimum absolute atomic E-state index is 0.198. The van der Waals surface area contributed by atoms with Gasteiger partial charge in [-0.25, -0.2) is 4.98 Å². The number of halogens is 1. The monoisotopic (exact) mass is 402 g/mol. The number of ether oxygens (including phenoxy) is 1. The van der Waals surface area contributed by atoms with Crippen LogP contribution in [-0.2, 0) is 12.4 Å².